The van der Waals surface area contributed by atoms with Crippen molar-refractivity contribution < 1.29 is 5.11 Å². The van der Waals surface area contributed by atoms with Gasteiger partial charge in [0.25, 0.3) is 0 Å². The van der Waals surface area contributed by atoms with E-state index < -0.39 is 0 Å². The van der Waals surface area contributed by atoms with Gasteiger partial charge in [-0.3, -0.25) is 4.90 Å². The summed E-state index contributed by atoms with van der Waals surface area (Å²) in [6.45, 7) is 12.6. The first-order valence-corrected chi connectivity index (χ1v) is 8.04. The molecule has 4 heteroatoms. The Hall–Kier alpha value is -0.160. The predicted molar refractivity (Wildman–Crippen MR) is 79.4 cm³/mol. The zero-order valence-corrected chi connectivity index (χ0v) is 12.7. The summed E-state index contributed by atoms with van der Waals surface area (Å²) >= 11 is 0. The van der Waals surface area contributed by atoms with Crippen molar-refractivity contribution in [3.63, 3.8) is 0 Å². The molecule has 0 aromatic heterocycles. The normalized spacial score (nSPS) is 25.4. The van der Waals surface area contributed by atoms with E-state index in [1.165, 1.54) is 38.9 Å². The molecule has 0 amide bonds. The maximum atomic E-state index is 9.89. The molecule has 0 bridgehead atoms. The summed E-state index contributed by atoms with van der Waals surface area (Å²) < 4.78 is 0. The van der Waals surface area contributed by atoms with Crippen LogP contribution in [0.5, 0.6) is 0 Å². The van der Waals surface area contributed by atoms with Crippen molar-refractivity contribution in [1.29, 1.82) is 0 Å². The summed E-state index contributed by atoms with van der Waals surface area (Å²) in [4.78, 5) is 5.10. The summed E-state index contributed by atoms with van der Waals surface area (Å²) in [6, 6.07) is 0. The van der Waals surface area contributed by atoms with Gasteiger partial charge in [-0.2, -0.15) is 0 Å². The van der Waals surface area contributed by atoms with Gasteiger partial charge in [0.2, 0.25) is 0 Å². The molecule has 2 fully saturated rings. The van der Waals surface area contributed by atoms with Gasteiger partial charge in [-0.05, 0) is 38.3 Å². The van der Waals surface area contributed by atoms with Crippen LogP contribution >= 0.6 is 0 Å². The molecule has 1 unspecified atom stereocenters. The number of nitrogens with one attached hydrogen (secondary N) is 1. The molecule has 19 heavy (non-hydrogen) atoms. The molecular formula is C15H31N3O. The number of hydrogen-bond donors (Lipinski definition) is 2. The summed E-state index contributed by atoms with van der Waals surface area (Å²) in [6.07, 6.45) is 3.81. The Morgan fingerprint density at radius 3 is 2.21 bits per heavy atom. The highest BCUT2D eigenvalue weighted by Crippen LogP contribution is 2.40. The highest BCUT2D eigenvalue weighted by Gasteiger charge is 2.45. The Labute approximate surface area is 118 Å². The highest BCUT2D eigenvalue weighted by atomic mass is 16.3. The minimum absolute atomic E-state index is 0.0400. The number of rotatable bonds is 8. The van der Waals surface area contributed by atoms with Crippen LogP contribution in [0.2, 0.25) is 0 Å². The zero-order chi connectivity index (χ0) is 13.7. The Morgan fingerprint density at radius 2 is 1.74 bits per heavy atom. The number of likely N-dealkylation sites (N-methyl/N-ethyl adjacent to an activating group) is 1. The van der Waals surface area contributed by atoms with Crippen molar-refractivity contribution in [1.82, 2.24) is 15.1 Å². The summed E-state index contributed by atoms with van der Waals surface area (Å²) in [7, 11) is 0. The van der Waals surface area contributed by atoms with Crippen molar-refractivity contribution in [2.24, 2.45) is 5.92 Å². The lowest BCUT2D eigenvalue weighted by Crippen LogP contribution is -2.60. The van der Waals surface area contributed by atoms with Crippen LogP contribution in [-0.2, 0) is 0 Å². The minimum atomic E-state index is -0.0400. The second-order valence-corrected chi connectivity index (χ2v) is 6.24. The average molecular weight is 269 g/mol. The van der Waals surface area contributed by atoms with Crippen LogP contribution < -0.4 is 5.32 Å². The lowest BCUT2D eigenvalue weighted by Gasteiger charge is -2.42. The van der Waals surface area contributed by atoms with Crippen LogP contribution in [0.4, 0.5) is 0 Å². The van der Waals surface area contributed by atoms with Crippen molar-refractivity contribution in [2.75, 3.05) is 52.4 Å². The maximum Gasteiger partial charge on any atom is 0.0628 e. The van der Waals surface area contributed by atoms with Crippen molar-refractivity contribution in [2.45, 2.75) is 38.6 Å². The van der Waals surface area contributed by atoms with E-state index in [2.05, 4.69) is 29.0 Å². The Morgan fingerprint density at radius 1 is 1.11 bits per heavy atom. The Kier molecular flexibility index (Phi) is 5.63. The van der Waals surface area contributed by atoms with E-state index in [4.69, 9.17) is 0 Å². The fourth-order valence-electron chi connectivity index (χ4n) is 3.44. The molecule has 1 saturated carbocycles. The third kappa shape index (κ3) is 3.91. The molecule has 1 heterocycles. The number of nitrogens with zero attached hydrogens (tertiary/aromatic N) is 2. The van der Waals surface area contributed by atoms with Gasteiger partial charge in [0.1, 0.15) is 0 Å². The summed E-state index contributed by atoms with van der Waals surface area (Å²) in [5.74, 6) is 0.686. The SMILES string of the molecule is CCCN1CCN(CC(CO)(NCC)C2CC2)CC1. The summed E-state index contributed by atoms with van der Waals surface area (Å²) in [5.41, 5.74) is -0.0400. The predicted octanol–water partition coefficient (Wildman–Crippen LogP) is 0.765. The van der Waals surface area contributed by atoms with Crippen molar-refractivity contribution in [3.05, 3.63) is 0 Å². The second kappa shape index (κ2) is 7.02. The van der Waals surface area contributed by atoms with Crippen molar-refractivity contribution >= 4 is 0 Å². The quantitative estimate of drug-likeness (QED) is 0.682. The fourth-order valence-corrected chi connectivity index (χ4v) is 3.44. The Bertz CT molecular complexity index is 262. The van der Waals surface area contributed by atoms with E-state index in [9.17, 15) is 5.11 Å². The number of aliphatic hydroxyl groups is 1. The molecule has 4 nitrogen and oxygen atoms in total. The number of piperazine rings is 1. The third-order valence-electron chi connectivity index (χ3n) is 4.68. The highest BCUT2D eigenvalue weighted by molar-refractivity contribution is 5.03. The van der Waals surface area contributed by atoms with Gasteiger partial charge in [0, 0.05) is 32.7 Å². The molecule has 112 valence electrons. The topological polar surface area (TPSA) is 38.7 Å². The van der Waals surface area contributed by atoms with Gasteiger partial charge in [-0.25, -0.2) is 0 Å². The molecule has 0 radical (unpaired) electrons. The molecule has 1 aliphatic heterocycles. The van der Waals surface area contributed by atoms with E-state index in [1.54, 1.807) is 0 Å². The van der Waals surface area contributed by atoms with Crippen molar-refractivity contribution in [3.8, 4) is 0 Å². The molecule has 2 aliphatic rings. The minimum Gasteiger partial charge on any atom is -0.394 e. The van der Waals surface area contributed by atoms with E-state index in [0.29, 0.717) is 5.92 Å². The van der Waals surface area contributed by atoms with Crippen LogP contribution in [0, 0.1) is 5.92 Å². The van der Waals surface area contributed by atoms with Gasteiger partial charge < -0.3 is 15.3 Å². The fraction of sp³-hybridized carbons (Fsp3) is 1.00. The first-order valence-electron chi connectivity index (χ1n) is 8.04. The lowest BCUT2D eigenvalue weighted by molar-refractivity contribution is 0.0609. The molecule has 1 atom stereocenters. The number of hydrogen-bond acceptors (Lipinski definition) is 4. The van der Waals surface area contributed by atoms with E-state index >= 15 is 0 Å². The van der Waals surface area contributed by atoms with Crippen LogP contribution in [-0.4, -0.2) is 72.9 Å². The monoisotopic (exact) mass is 269 g/mol. The maximum absolute atomic E-state index is 9.89. The number of aliphatic hydroxyl groups excluding tert-OH is 1. The second-order valence-electron chi connectivity index (χ2n) is 6.24. The summed E-state index contributed by atoms with van der Waals surface area (Å²) in [5, 5.41) is 13.5. The molecule has 0 aromatic carbocycles. The third-order valence-corrected chi connectivity index (χ3v) is 4.68. The molecule has 1 saturated heterocycles. The first-order chi connectivity index (χ1) is 9.24. The lowest BCUT2D eigenvalue weighted by atomic mass is 9.92. The van der Waals surface area contributed by atoms with Crippen LogP contribution in [0.3, 0.4) is 0 Å². The van der Waals surface area contributed by atoms with Gasteiger partial charge in [-0.15, -0.1) is 0 Å². The van der Waals surface area contributed by atoms with Crippen LogP contribution in [0.15, 0.2) is 0 Å². The molecule has 1 aliphatic carbocycles. The van der Waals surface area contributed by atoms with Gasteiger partial charge >= 0.3 is 0 Å². The van der Waals surface area contributed by atoms with E-state index in [-0.39, 0.29) is 12.1 Å². The van der Waals surface area contributed by atoms with E-state index in [0.717, 1.165) is 26.2 Å². The van der Waals surface area contributed by atoms with Gasteiger partial charge in [-0.1, -0.05) is 13.8 Å². The smallest absolute Gasteiger partial charge is 0.0628 e. The van der Waals surface area contributed by atoms with Crippen LogP contribution in [0.25, 0.3) is 0 Å². The molecule has 2 N–H and O–H groups in total. The van der Waals surface area contributed by atoms with Gasteiger partial charge in [0.05, 0.1) is 12.1 Å². The van der Waals surface area contributed by atoms with Gasteiger partial charge in [0.15, 0.2) is 0 Å². The molecule has 2 rings (SSSR count). The molecular weight excluding hydrogens is 238 g/mol. The van der Waals surface area contributed by atoms with Crippen LogP contribution in [0.1, 0.15) is 33.1 Å². The zero-order valence-electron chi connectivity index (χ0n) is 12.7. The molecule has 0 spiro atoms. The Balaban J connectivity index is 1.84. The largest absolute Gasteiger partial charge is 0.394 e. The van der Waals surface area contributed by atoms with E-state index in [1.807, 2.05) is 0 Å². The molecule has 0 aromatic rings. The average Bonchev–Trinajstić information content (AvgIpc) is 3.25. The standard InChI is InChI=1S/C15H31N3O/c1-3-7-17-8-10-18(11-9-17)12-15(13-19,16-4-2)14-5-6-14/h14,16,19H,3-13H2,1-2H3. The first kappa shape index (κ1) is 15.2.